The second kappa shape index (κ2) is 4.71. The molecule has 0 N–H and O–H groups in total. The molecule has 3 heteroatoms. The van der Waals surface area contributed by atoms with Gasteiger partial charge in [0.05, 0.1) is 18.3 Å². The number of rotatable bonds is 3. The summed E-state index contributed by atoms with van der Waals surface area (Å²) in [6, 6.07) is 0. The first-order valence-electron chi connectivity index (χ1n) is 7.08. The average Bonchev–Trinajstić information content (AvgIpc) is 3.04. The molecular formula is C14H23ClO2. The van der Waals surface area contributed by atoms with Gasteiger partial charge < -0.3 is 9.47 Å². The molecule has 2 heterocycles. The standard InChI is InChI=1S/C14H23ClO2/c15-10-13(7-8-16-11-13)9-12-3-6-14(17-12)4-1-2-5-14/h12H,1-11H2. The Bertz CT molecular complexity index is 267. The van der Waals surface area contributed by atoms with Gasteiger partial charge in [0.15, 0.2) is 0 Å². The lowest BCUT2D eigenvalue weighted by Gasteiger charge is -2.30. The third-order valence-corrected chi connectivity index (χ3v) is 5.55. The summed E-state index contributed by atoms with van der Waals surface area (Å²) < 4.78 is 11.9. The molecule has 0 aromatic rings. The zero-order valence-electron chi connectivity index (χ0n) is 10.5. The Hall–Kier alpha value is 0.210. The van der Waals surface area contributed by atoms with E-state index in [1.807, 2.05) is 0 Å². The lowest BCUT2D eigenvalue weighted by Crippen LogP contribution is -2.31. The molecule has 0 bridgehead atoms. The maximum Gasteiger partial charge on any atom is 0.0687 e. The number of ether oxygens (including phenoxy) is 2. The minimum absolute atomic E-state index is 0.205. The van der Waals surface area contributed by atoms with Crippen molar-refractivity contribution in [2.24, 2.45) is 5.41 Å². The number of hydrogen-bond donors (Lipinski definition) is 0. The Labute approximate surface area is 109 Å². The minimum atomic E-state index is 0.205. The quantitative estimate of drug-likeness (QED) is 0.722. The Balaban J connectivity index is 1.59. The van der Waals surface area contributed by atoms with Gasteiger partial charge >= 0.3 is 0 Å². The Morgan fingerprint density at radius 3 is 2.59 bits per heavy atom. The third kappa shape index (κ3) is 2.36. The topological polar surface area (TPSA) is 18.5 Å². The van der Waals surface area contributed by atoms with Crippen LogP contribution in [0.25, 0.3) is 0 Å². The molecule has 98 valence electrons. The molecule has 2 atom stereocenters. The zero-order valence-corrected chi connectivity index (χ0v) is 11.3. The SMILES string of the molecule is ClCC1(CC2CCC3(CCCC3)O2)CCOC1. The van der Waals surface area contributed by atoms with Crippen LogP contribution in [0.15, 0.2) is 0 Å². The molecule has 1 spiro atoms. The van der Waals surface area contributed by atoms with Crippen molar-refractivity contribution < 1.29 is 9.47 Å². The van der Waals surface area contributed by atoms with Crippen LogP contribution >= 0.6 is 11.6 Å². The Morgan fingerprint density at radius 2 is 1.94 bits per heavy atom. The summed E-state index contributed by atoms with van der Waals surface area (Å²) in [5.41, 5.74) is 0.466. The summed E-state index contributed by atoms with van der Waals surface area (Å²) in [6.07, 6.45) is 10.5. The van der Waals surface area contributed by atoms with E-state index in [0.29, 0.717) is 6.10 Å². The van der Waals surface area contributed by atoms with Gasteiger partial charge in [0.25, 0.3) is 0 Å². The maximum absolute atomic E-state index is 6.38. The predicted molar refractivity (Wildman–Crippen MR) is 68.5 cm³/mol. The highest BCUT2D eigenvalue weighted by atomic mass is 35.5. The van der Waals surface area contributed by atoms with E-state index >= 15 is 0 Å². The first-order chi connectivity index (χ1) is 8.26. The van der Waals surface area contributed by atoms with Gasteiger partial charge in [-0.2, -0.15) is 0 Å². The van der Waals surface area contributed by atoms with Gasteiger partial charge in [0.2, 0.25) is 0 Å². The molecule has 2 saturated heterocycles. The highest BCUT2D eigenvalue weighted by Gasteiger charge is 2.45. The van der Waals surface area contributed by atoms with Gasteiger partial charge in [-0.1, -0.05) is 12.8 Å². The van der Waals surface area contributed by atoms with Crippen LogP contribution in [0.5, 0.6) is 0 Å². The molecular weight excluding hydrogens is 236 g/mol. The highest BCUT2D eigenvalue weighted by Crippen LogP contribution is 2.47. The first-order valence-corrected chi connectivity index (χ1v) is 7.61. The summed E-state index contributed by atoms with van der Waals surface area (Å²) in [6.45, 7) is 1.72. The molecule has 0 aromatic carbocycles. The van der Waals surface area contributed by atoms with Crippen molar-refractivity contribution in [3.05, 3.63) is 0 Å². The summed E-state index contributed by atoms with van der Waals surface area (Å²) in [5.74, 6) is 0.722. The van der Waals surface area contributed by atoms with E-state index in [1.54, 1.807) is 0 Å². The van der Waals surface area contributed by atoms with Crippen molar-refractivity contribution in [1.29, 1.82) is 0 Å². The summed E-state index contributed by atoms with van der Waals surface area (Å²) in [7, 11) is 0. The molecule has 0 amide bonds. The van der Waals surface area contributed by atoms with E-state index in [0.717, 1.165) is 31.9 Å². The van der Waals surface area contributed by atoms with Crippen LogP contribution in [-0.4, -0.2) is 30.8 Å². The average molecular weight is 259 g/mol. The van der Waals surface area contributed by atoms with Crippen molar-refractivity contribution in [3.8, 4) is 0 Å². The Kier molecular flexibility index (Phi) is 3.40. The van der Waals surface area contributed by atoms with Crippen LogP contribution in [0.2, 0.25) is 0 Å². The molecule has 3 fully saturated rings. The molecule has 0 radical (unpaired) electrons. The molecule has 3 rings (SSSR count). The van der Waals surface area contributed by atoms with Crippen molar-refractivity contribution in [3.63, 3.8) is 0 Å². The van der Waals surface area contributed by atoms with E-state index in [9.17, 15) is 0 Å². The molecule has 17 heavy (non-hydrogen) atoms. The number of halogens is 1. The molecule has 2 nitrogen and oxygen atoms in total. The summed E-state index contributed by atoms with van der Waals surface area (Å²) >= 11 is 6.16. The number of alkyl halides is 1. The van der Waals surface area contributed by atoms with Crippen LogP contribution in [0.3, 0.4) is 0 Å². The lowest BCUT2D eigenvalue weighted by atomic mass is 9.83. The van der Waals surface area contributed by atoms with E-state index in [-0.39, 0.29) is 11.0 Å². The lowest BCUT2D eigenvalue weighted by molar-refractivity contribution is -0.0521. The second-order valence-electron chi connectivity index (χ2n) is 6.31. The van der Waals surface area contributed by atoms with Gasteiger partial charge in [-0.05, 0) is 38.5 Å². The van der Waals surface area contributed by atoms with Gasteiger partial charge in [-0.25, -0.2) is 0 Å². The second-order valence-corrected chi connectivity index (χ2v) is 6.58. The smallest absolute Gasteiger partial charge is 0.0687 e. The van der Waals surface area contributed by atoms with Crippen LogP contribution < -0.4 is 0 Å². The van der Waals surface area contributed by atoms with E-state index < -0.39 is 0 Å². The largest absolute Gasteiger partial charge is 0.381 e. The van der Waals surface area contributed by atoms with Crippen LogP contribution in [0.1, 0.15) is 51.4 Å². The fraction of sp³-hybridized carbons (Fsp3) is 1.00. The normalized spacial score (nSPS) is 40.4. The van der Waals surface area contributed by atoms with Gasteiger partial charge in [0.1, 0.15) is 0 Å². The Morgan fingerprint density at radius 1 is 1.12 bits per heavy atom. The van der Waals surface area contributed by atoms with Crippen molar-refractivity contribution in [2.45, 2.75) is 63.1 Å². The van der Waals surface area contributed by atoms with E-state index in [1.165, 1.54) is 38.5 Å². The fourth-order valence-electron chi connectivity index (χ4n) is 3.88. The summed E-state index contributed by atoms with van der Waals surface area (Å²) in [5, 5.41) is 0. The van der Waals surface area contributed by atoms with Gasteiger partial charge in [-0.3, -0.25) is 0 Å². The number of hydrogen-bond acceptors (Lipinski definition) is 2. The minimum Gasteiger partial charge on any atom is -0.381 e. The monoisotopic (exact) mass is 258 g/mol. The van der Waals surface area contributed by atoms with Crippen molar-refractivity contribution in [2.75, 3.05) is 19.1 Å². The molecule has 1 saturated carbocycles. The van der Waals surface area contributed by atoms with Crippen LogP contribution in [-0.2, 0) is 9.47 Å². The predicted octanol–water partition coefficient (Wildman–Crippen LogP) is 3.51. The summed E-state index contributed by atoms with van der Waals surface area (Å²) in [4.78, 5) is 0. The molecule has 2 unspecified atom stereocenters. The van der Waals surface area contributed by atoms with Crippen LogP contribution in [0.4, 0.5) is 0 Å². The van der Waals surface area contributed by atoms with Gasteiger partial charge in [-0.15, -0.1) is 11.6 Å². The zero-order chi connectivity index (χ0) is 11.8. The van der Waals surface area contributed by atoms with E-state index in [4.69, 9.17) is 21.1 Å². The molecule has 3 aliphatic rings. The molecule has 2 aliphatic heterocycles. The van der Waals surface area contributed by atoms with Gasteiger partial charge in [0, 0.05) is 17.9 Å². The first kappa shape index (κ1) is 12.3. The van der Waals surface area contributed by atoms with Crippen molar-refractivity contribution in [1.82, 2.24) is 0 Å². The maximum atomic E-state index is 6.38. The van der Waals surface area contributed by atoms with E-state index in [2.05, 4.69) is 0 Å². The molecule has 0 aromatic heterocycles. The van der Waals surface area contributed by atoms with Crippen molar-refractivity contribution >= 4 is 11.6 Å². The highest BCUT2D eigenvalue weighted by molar-refractivity contribution is 6.18. The fourth-order valence-corrected chi connectivity index (χ4v) is 4.20. The molecule has 1 aliphatic carbocycles. The van der Waals surface area contributed by atoms with Crippen LogP contribution in [0, 0.1) is 5.41 Å². The third-order valence-electron chi connectivity index (χ3n) is 4.98.